The van der Waals surface area contributed by atoms with Crippen LogP contribution in [0, 0.1) is 13.8 Å². The van der Waals surface area contributed by atoms with E-state index in [4.69, 9.17) is 0 Å². The number of nitrogens with zero attached hydrogens (tertiary/aromatic N) is 1. The summed E-state index contributed by atoms with van der Waals surface area (Å²) in [6.07, 6.45) is 2.17. The van der Waals surface area contributed by atoms with Crippen molar-refractivity contribution in [2.24, 2.45) is 0 Å². The Morgan fingerprint density at radius 1 is 1.25 bits per heavy atom. The summed E-state index contributed by atoms with van der Waals surface area (Å²) in [7, 11) is 0. The molecule has 1 aliphatic heterocycles. The van der Waals surface area contributed by atoms with Gasteiger partial charge in [0.2, 0.25) is 0 Å². The first-order valence-electron chi connectivity index (χ1n) is 7.17. The SMILES string of the molecule is CCNC(=O)N1c2c(C)cc(C)cc2C(C)=CC1(C)C. The topological polar surface area (TPSA) is 32.3 Å². The van der Waals surface area contributed by atoms with Gasteiger partial charge < -0.3 is 5.32 Å². The highest BCUT2D eigenvalue weighted by atomic mass is 16.2. The minimum atomic E-state index is -0.323. The fourth-order valence-corrected chi connectivity index (χ4v) is 3.11. The van der Waals surface area contributed by atoms with E-state index in [1.165, 1.54) is 11.1 Å². The molecule has 2 rings (SSSR count). The lowest BCUT2D eigenvalue weighted by atomic mass is 9.86. The molecule has 0 aliphatic carbocycles. The lowest BCUT2D eigenvalue weighted by Crippen LogP contribution is -2.53. The van der Waals surface area contributed by atoms with Gasteiger partial charge in [0.15, 0.2) is 0 Å². The lowest BCUT2D eigenvalue weighted by Gasteiger charge is -2.42. The summed E-state index contributed by atoms with van der Waals surface area (Å²) in [4.78, 5) is 14.4. The third-order valence-corrected chi connectivity index (χ3v) is 3.77. The number of hydrogen-bond acceptors (Lipinski definition) is 1. The van der Waals surface area contributed by atoms with Gasteiger partial charge in [0.1, 0.15) is 0 Å². The van der Waals surface area contributed by atoms with Gasteiger partial charge in [-0.25, -0.2) is 4.79 Å². The van der Waals surface area contributed by atoms with E-state index in [1.54, 1.807) is 0 Å². The molecular weight excluding hydrogens is 248 g/mol. The van der Waals surface area contributed by atoms with Crippen LogP contribution in [0.2, 0.25) is 0 Å². The first-order chi connectivity index (χ1) is 9.27. The predicted octanol–water partition coefficient (Wildman–Crippen LogP) is 4.03. The monoisotopic (exact) mass is 272 g/mol. The first-order valence-corrected chi connectivity index (χ1v) is 7.17. The van der Waals surface area contributed by atoms with Crippen LogP contribution in [0.1, 0.15) is 44.4 Å². The summed E-state index contributed by atoms with van der Waals surface area (Å²) >= 11 is 0. The van der Waals surface area contributed by atoms with Gasteiger partial charge in [-0.1, -0.05) is 17.7 Å². The number of benzene rings is 1. The minimum absolute atomic E-state index is 0.0329. The van der Waals surface area contributed by atoms with E-state index in [0.717, 1.165) is 16.8 Å². The fourth-order valence-electron chi connectivity index (χ4n) is 3.11. The summed E-state index contributed by atoms with van der Waals surface area (Å²) < 4.78 is 0. The second-order valence-corrected chi connectivity index (χ2v) is 6.13. The van der Waals surface area contributed by atoms with Gasteiger partial charge in [-0.05, 0) is 58.7 Å². The maximum Gasteiger partial charge on any atom is 0.322 e. The van der Waals surface area contributed by atoms with E-state index >= 15 is 0 Å². The standard InChI is InChI=1S/C17H24N2O/c1-7-18-16(20)19-15-12(3)8-11(2)9-14(15)13(4)10-17(19,5)6/h8-10H,7H2,1-6H3,(H,18,20). The Kier molecular flexibility index (Phi) is 3.63. The summed E-state index contributed by atoms with van der Waals surface area (Å²) in [5, 5.41) is 2.93. The molecule has 3 heteroatoms. The molecule has 0 bridgehead atoms. The van der Waals surface area contributed by atoms with Crippen LogP contribution in [0.5, 0.6) is 0 Å². The number of anilines is 1. The smallest absolute Gasteiger partial charge is 0.322 e. The zero-order valence-electron chi connectivity index (χ0n) is 13.3. The maximum absolute atomic E-state index is 12.5. The van der Waals surface area contributed by atoms with Crippen LogP contribution in [0.3, 0.4) is 0 Å². The molecule has 0 aromatic heterocycles. The van der Waals surface area contributed by atoms with E-state index in [2.05, 4.69) is 58.1 Å². The number of hydrogen-bond donors (Lipinski definition) is 1. The normalized spacial score (nSPS) is 16.5. The predicted molar refractivity (Wildman–Crippen MR) is 85.2 cm³/mol. The number of allylic oxidation sites excluding steroid dienone is 1. The molecule has 1 aromatic carbocycles. The van der Waals surface area contributed by atoms with Crippen LogP contribution in [0.15, 0.2) is 18.2 Å². The quantitative estimate of drug-likeness (QED) is 0.822. The van der Waals surface area contributed by atoms with Crippen LogP contribution in [0.4, 0.5) is 10.5 Å². The molecule has 0 saturated heterocycles. The van der Waals surface area contributed by atoms with Crippen LogP contribution in [-0.4, -0.2) is 18.1 Å². The van der Waals surface area contributed by atoms with Gasteiger partial charge in [0.05, 0.1) is 11.2 Å². The molecule has 0 atom stereocenters. The lowest BCUT2D eigenvalue weighted by molar-refractivity contribution is 0.243. The molecule has 0 radical (unpaired) electrons. The molecular formula is C17H24N2O. The Hall–Kier alpha value is -1.77. The number of fused-ring (bicyclic) bond motifs is 1. The molecule has 2 amide bonds. The Morgan fingerprint density at radius 2 is 1.90 bits per heavy atom. The van der Waals surface area contributed by atoms with Crippen LogP contribution < -0.4 is 10.2 Å². The van der Waals surface area contributed by atoms with Crippen molar-refractivity contribution >= 4 is 17.3 Å². The van der Waals surface area contributed by atoms with Crippen molar-refractivity contribution in [3.8, 4) is 0 Å². The van der Waals surface area contributed by atoms with Crippen LogP contribution in [0.25, 0.3) is 5.57 Å². The fraction of sp³-hybridized carbons (Fsp3) is 0.471. The van der Waals surface area contributed by atoms with E-state index in [9.17, 15) is 4.79 Å². The molecule has 1 heterocycles. The number of aryl methyl sites for hydroxylation is 2. The number of rotatable bonds is 1. The zero-order valence-corrected chi connectivity index (χ0v) is 13.3. The molecule has 20 heavy (non-hydrogen) atoms. The Labute approximate surface area is 121 Å². The van der Waals surface area contributed by atoms with Gasteiger partial charge in [0, 0.05) is 12.1 Å². The summed E-state index contributed by atoms with van der Waals surface area (Å²) in [6.45, 7) is 13.0. The minimum Gasteiger partial charge on any atom is -0.338 e. The highest BCUT2D eigenvalue weighted by Gasteiger charge is 2.36. The highest BCUT2D eigenvalue weighted by molar-refractivity contribution is 6.00. The summed E-state index contributed by atoms with van der Waals surface area (Å²) in [6, 6.07) is 4.27. The zero-order chi connectivity index (χ0) is 15.1. The first kappa shape index (κ1) is 14.6. The number of carbonyl (C=O) groups is 1. The Morgan fingerprint density at radius 3 is 2.50 bits per heavy atom. The van der Waals surface area contributed by atoms with Crippen molar-refractivity contribution in [2.45, 2.75) is 47.1 Å². The van der Waals surface area contributed by atoms with Gasteiger partial charge in [0.25, 0.3) is 0 Å². The molecule has 3 nitrogen and oxygen atoms in total. The molecule has 1 N–H and O–H groups in total. The third-order valence-electron chi connectivity index (χ3n) is 3.77. The maximum atomic E-state index is 12.5. The van der Waals surface area contributed by atoms with E-state index in [-0.39, 0.29) is 11.6 Å². The van der Waals surface area contributed by atoms with Crippen molar-refractivity contribution < 1.29 is 4.79 Å². The van der Waals surface area contributed by atoms with Gasteiger partial charge >= 0.3 is 6.03 Å². The number of carbonyl (C=O) groups excluding carboxylic acids is 1. The van der Waals surface area contributed by atoms with Gasteiger partial charge in [-0.2, -0.15) is 0 Å². The summed E-state index contributed by atoms with van der Waals surface area (Å²) in [5.74, 6) is 0. The molecule has 0 spiro atoms. The summed E-state index contributed by atoms with van der Waals surface area (Å²) in [5.41, 5.74) is 5.48. The number of amides is 2. The molecule has 0 unspecified atom stereocenters. The van der Waals surface area contributed by atoms with Crippen LogP contribution >= 0.6 is 0 Å². The Balaban J connectivity index is 2.67. The molecule has 1 aromatic rings. The van der Waals surface area contributed by atoms with Crippen molar-refractivity contribution in [1.82, 2.24) is 5.32 Å². The average Bonchev–Trinajstić information content (AvgIpc) is 2.30. The second-order valence-electron chi connectivity index (χ2n) is 6.13. The van der Waals surface area contributed by atoms with Crippen molar-refractivity contribution in [2.75, 3.05) is 11.4 Å². The third kappa shape index (κ3) is 2.33. The Bertz CT molecular complexity index is 585. The number of nitrogens with one attached hydrogen (secondary N) is 1. The van der Waals surface area contributed by atoms with Crippen molar-refractivity contribution in [1.29, 1.82) is 0 Å². The molecule has 0 saturated carbocycles. The molecule has 0 fully saturated rings. The van der Waals surface area contributed by atoms with E-state index < -0.39 is 0 Å². The van der Waals surface area contributed by atoms with Crippen molar-refractivity contribution in [3.05, 3.63) is 34.9 Å². The largest absolute Gasteiger partial charge is 0.338 e. The van der Waals surface area contributed by atoms with Gasteiger partial charge in [-0.15, -0.1) is 0 Å². The number of urea groups is 1. The molecule has 1 aliphatic rings. The highest BCUT2D eigenvalue weighted by Crippen LogP contribution is 2.41. The molecule has 108 valence electrons. The van der Waals surface area contributed by atoms with E-state index in [1.807, 2.05) is 11.8 Å². The average molecular weight is 272 g/mol. The van der Waals surface area contributed by atoms with Gasteiger partial charge in [-0.3, -0.25) is 4.90 Å². The second kappa shape index (κ2) is 4.97. The van der Waals surface area contributed by atoms with Crippen molar-refractivity contribution in [3.63, 3.8) is 0 Å². The van der Waals surface area contributed by atoms with Crippen LogP contribution in [-0.2, 0) is 0 Å². The van der Waals surface area contributed by atoms with E-state index in [0.29, 0.717) is 6.54 Å².